The normalized spacial score (nSPS) is 10.8. The Morgan fingerprint density at radius 1 is 1.19 bits per heavy atom. The molecule has 0 aliphatic heterocycles. The molecule has 0 atom stereocenters. The predicted octanol–water partition coefficient (Wildman–Crippen LogP) is 2.93. The van der Waals surface area contributed by atoms with Crippen molar-refractivity contribution in [3.63, 3.8) is 0 Å². The maximum Gasteiger partial charge on any atom is 0.137 e. The molecule has 0 aliphatic rings. The maximum absolute atomic E-state index is 4.48. The molecule has 0 spiro atoms. The molecular weight excluding hydrogens is 198 g/mol. The molecule has 0 unspecified atom stereocenters. The van der Waals surface area contributed by atoms with E-state index < -0.39 is 0 Å². The molecule has 0 aromatic carbocycles. The number of hydrogen-bond acceptors (Lipinski definition) is 2. The van der Waals surface area contributed by atoms with Crippen molar-refractivity contribution >= 4 is 11.0 Å². The molecule has 78 valence electrons. The second kappa shape index (κ2) is 3.45. The van der Waals surface area contributed by atoms with Gasteiger partial charge >= 0.3 is 0 Å². The molecule has 3 nitrogen and oxygen atoms in total. The van der Waals surface area contributed by atoms with E-state index in [0.717, 1.165) is 28.0 Å². The number of aromatic nitrogens is 3. The molecule has 3 rings (SSSR count). The Hall–Kier alpha value is -2.16. The van der Waals surface area contributed by atoms with Crippen LogP contribution >= 0.6 is 0 Å². The smallest absolute Gasteiger partial charge is 0.137 e. The number of nitrogens with zero attached hydrogens (tertiary/aromatic N) is 2. The molecule has 3 heteroatoms. The Morgan fingerprint density at radius 2 is 2.12 bits per heavy atom. The van der Waals surface area contributed by atoms with Crippen LogP contribution in [0.3, 0.4) is 0 Å². The van der Waals surface area contributed by atoms with Crippen molar-refractivity contribution in [3.8, 4) is 11.3 Å². The van der Waals surface area contributed by atoms with Crippen LogP contribution in [0.1, 0.15) is 5.69 Å². The Bertz CT molecular complexity index is 640. The van der Waals surface area contributed by atoms with E-state index in [2.05, 4.69) is 21.0 Å². The van der Waals surface area contributed by atoms with E-state index >= 15 is 0 Å². The van der Waals surface area contributed by atoms with Crippen LogP contribution in [0.2, 0.25) is 0 Å². The first-order valence-corrected chi connectivity index (χ1v) is 5.20. The van der Waals surface area contributed by atoms with Gasteiger partial charge in [-0.2, -0.15) is 0 Å². The van der Waals surface area contributed by atoms with E-state index in [1.54, 1.807) is 0 Å². The molecule has 16 heavy (non-hydrogen) atoms. The van der Waals surface area contributed by atoms with Gasteiger partial charge in [0, 0.05) is 29.0 Å². The summed E-state index contributed by atoms with van der Waals surface area (Å²) in [7, 11) is 0. The minimum atomic E-state index is 0.913. The average molecular weight is 209 g/mol. The molecule has 3 heterocycles. The number of rotatable bonds is 1. The first-order valence-electron chi connectivity index (χ1n) is 5.20. The van der Waals surface area contributed by atoms with Crippen molar-refractivity contribution in [2.45, 2.75) is 6.92 Å². The summed E-state index contributed by atoms with van der Waals surface area (Å²) in [5.41, 5.74) is 3.95. The first kappa shape index (κ1) is 9.09. The molecule has 0 saturated heterocycles. The third kappa shape index (κ3) is 1.46. The van der Waals surface area contributed by atoms with Crippen molar-refractivity contribution in [2.75, 3.05) is 0 Å². The molecule has 1 N–H and O–H groups in total. The Labute approximate surface area is 93.2 Å². The molecule has 3 aromatic heterocycles. The Morgan fingerprint density at radius 3 is 3.00 bits per heavy atom. The number of aryl methyl sites for hydroxylation is 1. The van der Waals surface area contributed by atoms with Crippen LogP contribution in [0, 0.1) is 6.92 Å². The van der Waals surface area contributed by atoms with Gasteiger partial charge in [0.25, 0.3) is 0 Å². The summed E-state index contributed by atoms with van der Waals surface area (Å²) in [5.74, 6) is 0. The SMILES string of the molecule is Cc1cccc(-c2cnc3[nH]ccc3c2)n1. The standard InChI is InChI=1S/C13H11N3/c1-9-3-2-4-12(16-9)11-7-10-5-6-14-13(10)15-8-11/h2-8H,1H3,(H,14,15). The van der Waals surface area contributed by atoms with Gasteiger partial charge in [0.1, 0.15) is 5.65 Å². The topological polar surface area (TPSA) is 41.6 Å². The zero-order valence-electron chi connectivity index (χ0n) is 8.94. The summed E-state index contributed by atoms with van der Waals surface area (Å²) >= 11 is 0. The van der Waals surface area contributed by atoms with Crippen molar-refractivity contribution in [1.29, 1.82) is 0 Å². The summed E-state index contributed by atoms with van der Waals surface area (Å²) in [5, 5.41) is 1.11. The summed E-state index contributed by atoms with van der Waals surface area (Å²) in [4.78, 5) is 11.9. The Balaban J connectivity index is 2.18. The highest BCUT2D eigenvalue weighted by molar-refractivity contribution is 5.80. The van der Waals surface area contributed by atoms with Gasteiger partial charge in [-0.3, -0.25) is 4.98 Å². The minimum Gasteiger partial charge on any atom is -0.346 e. The number of nitrogens with one attached hydrogen (secondary N) is 1. The quantitative estimate of drug-likeness (QED) is 0.669. The van der Waals surface area contributed by atoms with E-state index in [0.29, 0.717) is 0 Å². The molecule has 3 aromatic rings. The summed E-state index contributed by atoms with van der Waals surface area (Å²) < 4.78 is 0. The van der Waals surface area contributed by atoms with Gasteiger partial charge in [0.05, 0.1) is 5.69 Å². The molecule has 0 aliphatic carbocycles. The van der Waals surface area contributed by atoms with Crippen LogP contribution in [-0.4, -0.2) is 15.0 Å². The first-order chi connectivity index (χ1) is 7.83. The van der Waals surface area contributed by atoms with Crippen LogP contribution in [0.25, 0.3) is 22.3 Å². The highest BCUT2D eigenvalue weighted by Gasteiger charge is 2.02. The summed E-state index contributed by atoms with van der Waals surface area (Å²) in [6, 6.07) is 10.1. The lowest BCUT2D eigenvalue weighted by Crippen LogP contribution is -1.87. The van der Waals surface area contributed by atoms with E-state index in [1.165, 1.54) is 0 Å². The number of fused-ring (bicyclic) bond motifs is 1. The van der Waals surface area contributed by atoms with Gasteiger partial charge in [-0.1, -0.05) is 6.07 Å². The predicted molar refractivity (Wildman–Crippen MR) is 64.1 cm³/mol. The minimum absolute atomic E-state index is 0.913. The second-order valence-corrected chi connectivity index (χ2v) is 3.80. The monoisotopic (exact) mass is 209 g/mol. The second-order valence-electron chi connectivity index (χ2n) is 3.80. The number of aromatic amines is 1. The zero-order valence-corrected chi connectivity index (χ0v) is 8.94. The van der Waals surface area contributed by atoms with Gasteiger partial charge < -0.3 is 4.98 Å². The fraction of sp³-hybridized carbons (Fsp3) is 0.0769. The summed E-state index contributed by atoms with van der Waals surface area (Å²) in [6.45, 7) is 1.99. The zero-order chi connectivity index (χ0) is 11.0. The summed E-state index contributed by atoms with van der Waals surface area (Å²) in [6.07, 6.45) is 3.74. The van der Waals surface area contributed by atoms with Crippen LogP contribution in [0.5, 0.6) is 0 Å². The molecular formula is C13H11N3. The van der Waals surface area contributed by atoms with Crippen molar-refractivity contribution < 1.29 is 0 Å². The molecule has 0 bridgehead atoms. The van der Waals surface area contributed by atoms with Gasteiger partial charge in [-0.15, -0.1) is 0 Å². The van der Waals surface area contributed by atoms with Crippen LogP contribution in [0.15, 0.2) is 42.7 Å². The maximum atomic E-state index is 4.48. The van der Waals surface area contributed by atoms with E-state index in [9.17, 15) is 0 Å². The van der Waals surface area contributed by atoms with E-state index in [4.69, 9.17) is 0 Å². The number of pyridine rings is 2. The third-order valence-corrected chi connectivity index (χ3v) is 2.58. The Kier molecular flexibility index (Phi) is 1.96. The molecule has 0 fully saturated rings. The van der Waals surface area contributed by atoms with E-state index in [1.807, 2.05) is 43.6 Å². The van der Waals surface area contributed by atoms with Crippen LogP contribution in [-0.2, 0) is 0 Å². The number of H-pyrrole nitrogens is 1. The largest absolute Gasteiger partial charge is 0.346 e. The van der Waals surface area contributed by atoms with Crippen LogP contribution < -0.4 is 0 Å². The fourth-order valence-corrected chi connectivity index (χ4v) is 1.78. The van der Waals surface area contributed by atoms with Crippen molar-refractivity contribution in [2.24, 2.45) is 0 Å². The molecule has 0 amide bonds. The fourth-order valence-electron chi connectivity index (χ4n) is 1.78. The molecule has 0 radical (unpaired) electrons. The lowest BCUT2D eigenvalue weighted by atomic mass is 10.1. The highest BCUT2D eigenvalue weighted by Crippen LogP contribution is 2.20. The van der Waals surface area contributed by atoms with E-state index in [-0.39, 0.29) is 0 Å². The number of hydrogen-bond donors (Lipinski definition) is 1. The van der Waals surface area contributed by atoms with Crippen LogP contribution in [0.4, 0.5) is 0 Å². The van der Waals surface area contributed by atoms with Gasteiger partial charge in [-0.05, 0) is 31.2 Å². The highest BCUT2D eigenvalue weighted by atomic mass is 14.8. The average Bonchev–Trinajstić information content (AvgIpc) is 2.75. The lowest BCUT2D eigenvalue weighted by Gasteiger charge is -2.01. The van der Waals surface area contributed by atoms with Gasteiger partial charge in [0.15, 0.2) is 0 Å². The van der Waals surface area contributed by atoms with Gasteiger partial charge in [-0.25, -0.2) is 4.98 Å². The third-order valence-electron chi connectivity index (χ3n) is 2.58. The van der Waals surface area contributed by atoms with Crippen molar-refractivity contribution in [1.82, 2.24) is 15.0 Å². The van der Waals surface area contributed by atoms with Gasteiger partial charge in [0.2, 0.25) is 0 Å². The van der Waals surface area contributed by atoms with Crippen molar-refractivity contribution in [3.05, 3.63) is 48.4 Å². The molecule has 0 saturated carbocycles. The lowest BCUT2D eigenvalue weighted by molar-refractivity contribution is 1.20.